The minimum atomic E-state index is -0.415. The third-order valence-corrected chi connectivity index (χ3v) is 2.78. The Hall–Kier alpha value is -0.200. The molecule has 0 amide bonds. The van der Waals surface area contributed by atoms with Gasteiger partial charge in [-0.1, -0.05) is 0 Å². The van der Waals surface area contributed by atoms with Crippen LogP contribution in [0.5, 0.6) is 0 Å². The molecule has 1 aliphatic heterocycles. The average Bonchev–Trinajstić information content (AvgIpc) is 2.27. The van der Waals surface area contributed by atoms with Crippen LogP contribution in [0, 0.1) is 0 Å². The summed E-state index contributed by atoms with van der Waals surface area (Å²) in [4.78, 5) is 0. The van der Waals surface area contributed by atoms with Crippen LogP contribution in [0.1, 0.15) is 6.92 Å². The number of ether oxygens (including phenoxy) is 5. The predicted octanol–water partition coefficient (Wildman–Crippen LogP) is 0.423. The van der Waals surface area contributed by atoms with Crippen molar-refractivity contribution >= 4 is 0 Å². The lowest BCUT2D eigenvalue weighted by molar-refractivity contribution is -0.298. The molecule has 1 heterocycles. The molecule has 5 nitrogen and oxygen atoms in total. The summed E-state index contributed by atoms with van der Waals surface area (Å²) in [6.07, 6.45) is -1.11. The molecular formula is C10H20O5. The lowest BCUT2D eigenvalue weighted by Gasteiger charge is -2.43. The van der Waals surface area contributed by atoms with Crippen LogP contribution in [0.25, 0.3) is 0 Å². The molecule has 5 atom stereocenters. The first-order valence-electron chi connectivity index (χ1n) is 4.96. The number of hydrogen-bond acceptors (Lipinski definition) is 5. The SMILES string of the molecule is CO[C@@H]1O[C@H](C)[C@@H](OC)[C@H](OC)[C@@H]1OC. The van der Waals surface area contributed by atoms with Gasteiger partial charge in [-0.2, -0.15) is 0 Å². The van der Waals surface area contributed by atoms with Gasteiger partial charge < -0.3 is 23.7 Å². The van der Waals surface area contributed by atoms with Crippen molar-refractivity contribution in [3.05, 3.63) is 0 Å². The van der Waals surface area contributed by atoms with Crippen LogP contribution >= 0.6 is 0 Å². The van der Waals surface area contributed by atoms with Gasteiger partial charge in [0.25, 0.3) is 0 Å². The number of hydrogen-bond donors (Lipinski definition) is 0. The summed E-state index contributed by atoms with van der Waals surface area (Å²) in [5.41, 5.74) is 0. The van der Waals surface area contributed by atoms with Crippen molar-refractivity contribution in [3.8, 4) is 0 Å². The van der Waals surface area contributed by atoms with Crippen LogP contribution in [0.4, 0.5) is 0 Å². The molecule has 90 valence electrons. The fraction of sp³-hybridized carbons (Fsp3) is 1.00. The predicted molar refractivity (Wildman–Crippen MR) is 53.7 cm³/mol. The highest BCUT2D eigenvalue weighted by atomic mass is 16.7. The maximum absolute atomic E-state index is 5.62. The normalized spacial score (nSPS) is 41.8. The summed E-state index contributed by atoms with van der Waals surface area (Å²) in [5.74, 6) is 0. The Morgan fingerprint density at radius 1 is 0.733 bits per heavy atom. The van der Waals surface area contributed by atoms with E-state index in [0.29, 0.717) is 0 Å². The number of methoxy groups -OCH3 is 4. The van der Waals surface area contributed by atoms with Crippen molar-refractivity contribution < 1.29 is 23.7 Å². The summed E-state index contributed by atoms with van der Waals surface area (Å²) in [5, 5.41) is 0. The molecule has 0 aromatic rings. The van der Waals surface area contributed by atoms with Crippen LogP contribution in [-0.4, -0.2) is 59.1 Å². The Labute approximate surface area is 90.6 Å². The molecule has 0 saturated carbocycles. The first kappa shape index (κ1) is 12.9. The maximum Gasteiger partial charge on any atom is 0.186 e. The molecule has 5 heteroatoms. The van der Waals surface area contributed by atoms with E-state index in [1.807, 2.05) is 6.92 Å². The minimum absolute atomic E-state index is 0.0868. The van der Waals surface area contributed by atoms with Crippen molar-refractivity contribution in [2.24, 2.45) is 0 Å². The molecule has 0 aromatic carbocycles. The maximum atomic E-state index is 5.62. The summed E-state index contributed by atoms with van der Waals surface area (Å²) in [7, 11) is 6.46. The van der Waals surface area contributed by atoms with Crippen LogP contribution in [0.15, 0.2) is 0 Å². The van der Waals surface area contributed by atoms with E-state index < -0.39 is 6.29 Å². The van der Waals surface area contributed by atoms with Crippen molar-refractivity contribution in [2.45, 2.75) is 37.6 Å². The van der Waals surface area contributed by atoms with Crippen molar-refractivity contribution in [3.63, 3.8) is 0 Å². The minimum Gasteiger partial charge on any atom is -0.376 e. The van der Waals surface area contributed by atoms with E-state index in [-0.39, 0.29) is 24.4 Å². The van der Waals surface area contributed by atoms with E-state index in [1.165, 1.54) is 0 Å². The van der Waals surface area contributed by atoms with Crippen LogP contribution < -0.4 is 0 Å². The molecule has 0 bridgehead atoms. The second-order valence-electron chi connectivity index (χ2n) is 3.55. The van der Waals surface area contributed by atoms with Gasteiger partial charge in [0.2, 0.25) is 0 Å². The van der Waals surface area contributed by atoms with Gasteiger partial charge in [-0.25, -0.2) is 0 Å². The monoisotopic (exact) mass is 220 g/mol. The summed E-state index contributed by atoms with van der Waals surface area (Å²) >= 11 is 0. The van der Waals surface area contributed by atoms with Gasteiger partial charge in [0.15, 0.2) is 6.29 Å². The zero-order valence-electron chi connectivity index (χ0n) is 9.93. The van der Waals surface area contributed by atoms with E-state index in [1.54, 1.807) is 28.4 Å². The Morgan fingerprint density at radius 3 is 1.67 bits per heavy atom. The molecule has 1 rings (SSSR count). The zero-order chi connectivity index (χ0) is 11.4. The third kappa shape index (κ3) is 2.49. The summed E-state index contributed by atoms with van der Waals surface area (Å²) < 4.78 is 26.9. The molecule has 0 radical (unpaired) electrons. The molecule has 0 unspecified atom stereocenters. The van der Waals surface area contributed by atoms with Gasteiger partial charge in [-0.3, -0.25) is 0 Å². The highest BCUT2D eigenvalue weighted by molar-refractivity contribution is 4.90. The Balaban J connectivity index is 2.80. The first-order chi connectivity index (χ1) is 7.19. The van der Waals surface area contributed by atoms with Gasteiger partial charge in [0.1, 0.15) is 18.3 Å². The fourth-order valence-electron chi connectivity index (χ4n) is 2.00. The summed E-state index contributed by atoms with van der Waals surface area (Å²) in [6, 6.07) is 0. The Kier molecular flexibility index (Phi) is 4.95. The smallest absolute Gasteiger partial charge is 0.186 e. The van der Waals surface area contributed by atoms with E-state index >= 15 is 0 Å². The van der Waals surface area contributed by atoms with Gasteiger partial charge >= 0.3 is 0 Å². The van der Waals surface area contributed by atoms with Crippen molar-refractivity contribution in [1.29, 1.82) is 0 Å². The van der Waals surface area contributed by atoms with Gasteiger partial charge in [-0.15, -0.1) is 0 Å². The number of rotatable bonds is 4. The highest BCUT2D eigenvalue weighted by Crippen LogP contribution is 2.26. The van der Waals surface area contributed by atoms with Gasteiger partial charge in [-0.05, 0) is 6.92 Å². The average molecular weight is 220 g/mol. The summed E-state index contributed by atoms with van der Waals surface area (Å²) in [6.45, 7) is 1.93. The third-order valence-electron chi connectivity index (χ3n) is 2.78. The largest absolute Gasteiger partial charge is 0.376 e. The standard InChI is InChI=1S/C10H20O5/c1-6-7(11-2)8(12-3)9(13-4)10(14-5)15-6/h6-10H,1-5H3/t6-,7-,8+,9+,10-/m1/s1. The molecule has 0 N–H and O–H groups in total. The van der Waals surface area contributed by atoms with Gasteiger partial charge in [0, 0.05) is 28.4 Å². The second-order valence-corrected chi connectivity index (χ2v) is 3.55. The van der Waals surface area contributed by atoms with Crippen LogP contribution in [-0.2, 0) is 23.7 Å². The molecule has 1 aliphatic rings. The van der Waals surface area contributed by atoms with E-state index in [4.69, 9.17) is 23.7 Å². The quantitative estimate of drug-likeness (QED) is 0.687. The Morgan fingerprint density at radius 2 is 1.27 bits per heavy atom. The molecule has 1 saturated heterocycles. The fourth-order valence-corrected chi connectivity index (χ4v) is 2.00. The zero-order valence-corrected chi connectivity index (χ0v) is 9.93. The van der Waals surface area contributed by atoms with E-state index in [0.717, 1.165) is 0 Å². The van der Waals surface area contributed by atoms with Crippen molar-refractivity contribution in [2.75, 3.05) is 28.4 Å². The molecule has 0 aromatic heterocycles. The first-order valence-corrected chi connectivity index (χ1v) is 4.96. The topological polar surface area (TPSA) is 46.2 Å². The van der Waals surface area contributed by atoms with Crippen LogP contribution in [0.2, 0.25) is 0 Å². The lowest BCUT2D eigenvalue weighted by Crippen LogP contribution is -2.59. The molecule has 1 fully saturated rings. The van der Waals surface area contributed by atoms with E-state index in [2.05, 4.69) is 0 Å². The second kappa shape index (κ2) is 5.77. The highest BCUT2D eigenvalue weighted by Gasteiger charge is 2.45. The van der Waals surface area contributed by atoms with Crippen LogP contribution in [0.3, 0.4) is 0 Å². The molecule has 0 spiro atoms. The Bertz CT molecular complexity index is 187. The van der Waals surface area contributed by atoms with E-state index in [9.17, 15) is 0 Å². The molecule has 0 aliphatic carbocycles. The molecular weight excluding hydrogens is 200 g/mol. The van der Waals surface area contributed by atoms with Gasteiger partial charge in [0.05, 0.1) is 6.10 Å². The molecule has 15 heavy (non-hydrogen) atoms. The van der Waals surface area contributed by atoms with Crippen molar-refractivity contribution in [1.82, 2.24) is 0 Å². The lowest BCUT2D eigenvalue weighted by atomic mass is 9.99.